The van der Waals surface area contributed by atoms with Gasteiger partial charge >= 0.3 is 0 Å². The predicted molar refractivity (Wildman–Crippen MR) is 152 cm³/mol. The Morgan fingerprint density at radius 3 is 0.290 bits per heavy atom. The first-order chi connectivity index (χ1) is 15.4. The van der Waals surface area contributed by atoms with E-state index in [4.69, 9.17) is 0 Å². The molecule has 180 valence electrons. The lowest BCUT2D eigenvalue weighted by atomic mass is 10.4. The molecule has 0 saturated heterocycles. The standard InChI is InChI=1S/3C6H6.C3H8.5C2H6/c3*1-2-4-6-5-3-1;1-3-2;5*1-2/h3*1-6H;3H2,1-2H3;5*1-2H3. The van der Waals surface area contributed by atoms with Gasteiger partial charge in [-0.05, 0) is 0 Å². The Balaban J connectivity index is -0.0000000602. The quantitative estimate of drug-likeness (QED) is 0.334. The molecule has 0 bridgehead atoms. The summed E-state index contributed by atoms with van der Waals surface area (Å²) >= 11 is 0. The zero-order valence-corrected chi connectivity index (χ0v) is 23.1. The molecule has 3 rings (SSSR count). The maximum Gasteiger partial charge on any atom is -0.0590 e. The van der Waals surface area contributed by atoms with Crippen molar-refractivity contribution < 1.29 is 0 Å². The van der Waals surface area contributed by atoms with Gasteiger partial charge in [0.15, 0.2) is 0 Å². The third kappa shape index (κ3) is 74.3. The lowest BCUT2D eigenvalue weighted by molar-refractivity contribution is 1.09. The fourth-order valence-corrected chi connectivity index (χ4v) is 1.15. The van der Waals surface area contributed by atoms with Crippen LogP contribution < -0.4 is 0 Å². The van der Waals surface area contributed by atoms with Crippen LogP contribution in [0.2, 0.25) is 0 Å². The van der Waals surface area contributed by atoms with Crippen LogP contribution in [-0.4, -0.2) is 0 Å². The van der Waals surface area contributed by atoms with Crippen LogP contribution in [0.1, 0.15) is 89.5 Å². The molecule has 0 fully saturated rings. The van der Waals surface area contributed by atoms with E-state index in [2.05, 4.69) is 13.8 Å². The zero-order chi connectivity index (χ0) is 25.4. The topological polar surface area (TPSA) is 0 Å². The van der Waals surface area contributed by atoms with Gasteiger partial charge in [-0.25, -0.2) is 0 Å². The van der Waals surface area contributed by atoms with Gasteiger partial charge in [-0.15, -0.1) is 0 Å². The molecule has 0 heteroatoms. The Morgan fingerprint density at radius 2 is 0.258 bits per heavy atom. The Labute approximate surface area is 198 Å². The molecule has 0 radical (unpaired) electrons. The van der Waals surface area contributed by atoms with Crippen LogP contribution in [0.4, 0.5) is 0 Å². The van der Waals surface area contributed by atoms with Crippen molar-refractivity contribution in [3.05, 3.63) is 109 Å². The molecular weight excluding hydrogens is 372 g/mol. The zero-order valence-electron chi connectivity index (χ0n) is 23.1. The molecule has 0 nitrogen and oxygen atoms in total. The molecule has 0 aromatic heterocycles. The SMILES string of the molecule is CC.CC.CC.CC.CC.CCC.c1ccccc1.c1ccccc1.c1ccccc1. The highest BCUT2D eigenvalue weighted by atomic mass is 13.7. The first-order valence-corrected chi connectivity index (χ1v) is 12.4. The maximum atomic E-state index is 2.12. The van der Waals surface area contributed by atoms with Gasteiger partial charge < -0.3 is 0 Å². The minimum absolute atomic E-state index is 1.25. The van der Waals surface area contributed by atoms with Gasteiger partial charge in [0.2, 0.25) is 0 Å². The highest BCUT2D eigenvalue weighted by Crippen LogP contribution is 1.81. The number of benzene rings is 3. The van der Waals surface area contributed by atoms with E-state index < -0.39 is 0 Å². The van der Waals surface area contributed by atoms with E-state index >= 15 is 0 Å². The summed E-state index contributed by atoms with van der Waals surface area (Å²) in [5, 5.41) is 0. The highest BCUT2D eigenvalue weighted by molar-refractivity contribution is 5.00. The first-order valence-electron chi connectivity index (χ1n) is 12.4. The Bertz CT molecular complexity index is 305. The van der Waals surface area contributed by atoms with Gasteiger partial charge in [-0.2, -0.15) is 0 Å². The summed E-state index contributed by atoms with van der Waals surface area (Å²) in [6.07, 6.45) is 1.25. The summed E-state index contributed by atoms with van der Waals surface area (Å²) in [6.45, 7) is 24.2. The van der Waals surface area contributed by atoms with Crippen LogP contribution in [0.5, 0.6) is 0 Å². The highest BCUT2D eigenvalue weighted by Gasteiger charge is 1.59. The van der Waals surface area contributed by atoms with Crippen molar-refractivity contribution in [2.75, 3.05) is 0 Å². The van der Waals surface area contributed by atoms with Crippen LogP contribution in [0.25, 0.3) is 0 Å². The molecular formula is C31H56. The lowest BCUT2D eigenvalue weighted by Crippen LogP contribution is -1.47. The molecule has 31 heavy (non-hydrogen) atoms. The molecule has 0 aliphatic heterocycles. The van der Waals surface area contributed by atoms with Gasteiger partial charge in [0.1, 0.15) is 0 Å². The van der Waals surface area contributed by atoms with Crippen molar-refractivity contribution in [2.45, 2.75) is 89.5 Å². The van der Waals surface area contributed by atoms with Gasteiger partial charge in [0, 0.05) is 0 Å². The average Bonchev–Trinajstić information content (AvgIpc) is 2.94. The second-order valence-electron chi connectivity index (χ2n) is 4.17. The van der Waals surface area contributed by atoms with Crippen molar-refractivity contribution in [2.24, 2.45) is 0 Å². The number of rotatable bonds is 0. The van der Waals surface area contributed by atoms with Crippen LogP contribution in [0.3, 0.4) is 0 Å². The van der Waals surface area contributed by atoms with Crippen molar-refractivity contribution in [3.8, 4) is 0 Å². The van der Waals surface area contributed by atoms with E-state index in [1.54, 1.807) is 0 Å². The normalized spacial score (nSPS) is 6.19. The summed E-state index contributed by atoms with van der Waals surface area (Å²) in [5.74, 6) is 0. The number of hydrogen-bond donors (Lipinski definition) is 0. The predicted octanol–water partition coefficient (Wildman–Crippen LogP) is 11.6. The summed E-state index contributed by atoms with van der Waals surface area (Å²) in [6, 6.07) is 36.0. The van der Waals surface area contributed by atoms with E-state index in [9.17, 15) is 0 Å². The Hall–Kier alpha value is -2.34. The molecule has 3 aromatic rings. The van der Waals surface area contributed by atoms with Gasteiger partial charge in [0.25, 0.3) is 0 Å². The molecule has 0 heterocycles. The second-order valence-corrected chi connectivity index (χ2v) is 4.17. The third-order valence-corrected chi connectivity index (χ3v) is 2.00. The fraction of sp³-hybridized carbons (Fsp3) is 0.419. The minimum atomic E-state index is 1.25. The molecule has 0 saturated carbocycles. The molecule has 0 amide bonds. The molecule has 0 unspecified atom stereocenters. The monoisotopic (exact) mass is 428 g/mol. The summed E-state index contributed by atoms with van der Waals surface area (Å²) in [5.41, 5.74) is 0. The first kappa shape index (κ1) is 42.7. The van der Waals surface area contributed by atoms with Gasteiger partial charge in [0.05, 0.1) is 0 Å². The van der Waals surface area contributed by atoms with E-state index in [0.29, 0.717) is 0 Å². The van der Waals surface area contributed by atoms with Gasteiger partial charge in [-0.3, -0.25) is 0 Å². The smallest absolute Gasteiger partial charge is 0.0590 e. The molecule has 3 aromatic carbocycles. The van der Waals surface area contributed by atoms with E-state index in [0.717, 1.165) is 0 Å². The van der Waals surface area contributed by atoms with Crippen LogP contribution in [0.15, 0.2) is 109 Å². The maximum absolute atomic E-state index is 2.12. The second kappa shape index (κ2) is 70.8. The largest absolute Gasteiger partial charge is 0.0683 e. The van der Waals surface area contributed by atoms with Crippen LogP contribution in [0, 0.1) is 0 Å². The third-order valence-electron chi connectivity index (χ3n) is 2.00. The average molecular weight is 429 g/mol. The summed E-state index contributed by atoms with van der Waals surface area (Å²) < 4.78 is 0. The van der Waals surface area contributed by atoms with E-state index in [-0.39, 0.29) is 0 Å². The Kier molecular flexibility index (Phi) is 97.6. The summed E-state index contributed by atoms with van der Waals surface area (Å²) in [4.78, 5) is 0. The van der Waals surface area contributed by atoms with Crippen molar-refractivity contribution in [3.63, 3.8) is 0 Å². The molecule has 0 atom stereocenters. The van der Waals surface area contributed by atoms with Crippen molar-refractivity contribution in [1.29, 1.82) is 0 Å². The fourth-order valence-electron chi connectivity index (χ4n) is 1.15. The van der Waals surface area contributed by atoms with E-state index in [1.165, 1.54) is 6.42 Å². The summed E-state index contributed by atoms with van der Waals surface area (Å²) in [7, 11) is 0. The van der Waals surface area contributed by atoms with Crippen molar-refractivity contribution >= 4 is 0 Å². The van der Waals surface area contributed by atoms with Crippen LogP contribution >= 0.6 is 0 Å². The van der Waals surface area contributed by atoms with Crippen LogP contribution in [-0.2, 0) is 0 Å². The minimum Gasteiger partial charge on any atom is -0.0683 e. The molecule has 0 aliphatic carbocycles. The Morgan fingerprint density at radius 1 is 0.226 bits per heavy atom. The molecule has 0 spiro atoms. The molecule has 0 N–H and O–H groups in total. The van der Waals surface area contributed by atoms with Gasteiger partial charge in [-0.1, -0.05) is 199 Å². The molecule has 0 aliphatic rings. The number of hydrogen-bond acceptors (Lipinski definition) is 0. The van der Waals surface area contributed by atoms with E-state index in [1.807, 2.05) is 178 Å². The lowest BCUT2D eigenvalue weighted by Gasteiger charge is -1.69. The van der Waals surface area contributed by atoms with Crippen molar-refractivity contribution in [1.82, 2.24) is 0 Å².